The minimum Gasteiger partial charge on any atom is -0.394 e. The molecule has 0 bridgehead atoms. The molecule has 0 spiro atoms. The summed E-state index contributed by atoms with van der Waals surface area (Å²) in [5, 5.41) is 54.4. The molecule has 0 saturated carbocycles. The minimum atomic E-state index is -1.57. The van der Waals surface area contributed by atoms with Crippen LogP contribution in [0.25, 0.3) is 0 Å². The summed E-state index contributed by atoms with van der Waals surface area (Å²) in [7, 11) is 0. The van der Waals surface area contributed by atoms with Gasteiger partial charge < -0.3 is 40.3 Å². The second kappa shape index (κ2) is 45.0. The quantitative estimate of drug-likeness (QED) is 0.0261. The minimum absolute atomic E-state index is 0.189. The molecule has 1 aliphatic heterocycles. The number of ether oxygens (including phenoxy) is 2. The molecular formula is C55H101NO8. The van der Waals surface area contributed by atoms with Crippen molar-refractivity contribution in [1.29, 1.82) is 0 Å². The van der Waals surface area contributed by atoms with E-state index in [2.05, 4.69) is 55.6 Å². The number of nitrogens with one attached hydrogen (secondary N) is 1. The van der Waals surface area contributed by atoms with Gasteiger partial charge in [0.1, 0.15) is 24.4 Å². The Balaban J connectivity index is 2.30. The van der Waals surface area contributed by atoms with Crippen molar-refractivity contribution in [3.63, 3.8) is 0 Å². The third-order valence-electron chi connectivity index (χ3n) is 12.6. The van der Waals surface area contributed by atoms with Crippen molar-refractivity contribution in [1.82, 2.24) is 5.32 Å². The van der Waals surface area contributed by atoms with Gasteiger partial charge in [0.15, 0.2) is 6.29 Å². The Morgan fingerprint density at radius 2 is 0.922 bits per heavy atom. The van der Waals surface area contributed by atoms with Crippen molar-refractivity contribution in [2.24, 2.45) is 0 Å². The van der Waals surface area contributed by atoms with Crippen LogP contribution in [0.3, 0.4) is 0 Å². The van der Waals surface area contributed by atoms with Crippen LogP contribution in [0.2, 0.25) is 0 Å². The van der Waals surface area contributed by atoms with Crippen LogP contribution in [0.4, 0.5) is 0 Å². The summed E-state index contributed by atoms with van der Waals surface area (Å²) in [4.78, 5) is 13.0. The molecule has 6 N–H and O–H groups in total. The predicted octanol–water partition coefficient (Wildman–Crippen LogP) is 12.6. The topological polar surface area (TPSA) is 149 Å². The number of hydrogen-bond donors (Lipinski definition) is 6. The van der Waals surface area contributed by atoms with Crippen LogP contribution in [-0.2, 0) is 14.3 Å². The molecule has 0 radical (unpaired) electrons. The van der Waals surface area contributed by atoms with Gasteiger partial charge >= 0.3 is 0 Å². The van der Waals surface area contributed by atoms with Gasteiger partial charge in [-0.3, -0.25) is 4.79 Å². The first-order chi connectivity index (χ1) is 31.3. The van der Waals surface area contributed by atoms with Gasteiger partial charge in [-0.1, -0.05) is 223 Å². The lowest BCUT2D eigenvalue weighted by Crippen LogP contribution is -2.60. The van der Waals surface area contributed by atoms with Crippen molar-refractivity contribution in [3.8, 4) is 0 Å². The third kappa shape index (κ3) is 34.5. The number of allylic oxidation sites excluding steroid dienone is 7. The Bertz CT molecular complexity index is 1140. The van der Waals surface area contributed by atoms with E-state index in [1.807, 2.05) is 6.08 Å². The van der Waals surface area contributed by atoms with E-state index >= 15 is 0 Å². The molecule has 1 heterocycles. The number of rotatable bonds is 45. The largest absolute Gasteiger partial charge is 0.394 e. The summed E-state index contributed by atoms with van der Waals surface area (Å²) in [5.41, 5.74) is 0. The SMILES string of the molecule is CCCCCCC/C=C\C/C=C\C/C=C\CCCCCCCCC(=O)NC(COC1OC(CO)C(O)C(O)C1O)C(O)/C=C/CCCCCCCCCCCCCCCCCCCC. The maximum absolute atomic E-state index is 13.0. The Kier molecular flexibility index (Phi) is 42.3. The van der Waals surface area contributed by atoms with Crippen LogP contribution in [-0.4, -0.2) is 87.5 Å². The highest BCUT2D eigenvalue weighted by Crippen LogP contribution is 2.23. The fraction of sp³-hybridized carbons (Fsp3) is 0.836. The summed E-state index contributed by atoms with van der Waals surface area (Å²) in [6.07, 6.45) is 51.5. The first kappa shape index (κ1) is 60.2. The summed E-state index contributed by atoms with van der Waals surface area (Å²) < 4.78 is 11.2. The predicted molar refractivity (Wildman–Crippen MR) is 267 cm³/mol. The molecule has 7 unspecified atom stereocenters. The lowest BCUT2D eigenvalue weighted by Gasteiger charge is -2.40. The molecular weight excluding hydrogens is 803 g/mol. The van der Waals surface area contributed by atoms with Crippen molar-refractivity contribution in [2.45, 2.75) is 281 Å². The molecule has 0 aromatic heterocycles. The van der Waals surface area contributed by atoms with Crippen LogP contribution in [0, 0.1) is 0 Å². The molecule has 9 nitrogen and oxygen atoms in total. The summed E-state index contributed by atoms with van der Waals surface area (Å²) in [6, 6.07) is -0.813. The molecule has 9 heteroatoms. The lowest BCUT2D eigenvalue weighted by atomic mass is 9.99. The highest BCUT2D eigenvalue weighted by molar-refractivity contribution is 5.76. The number of carbonyl (C=O) groups excluding carboxylic acids is 1. The highest BCUT2D eigenvalue weighted by Gasteiger charge is 2.44. The zero-order valence-corrected chi connectivity index (χ0v) is 41.3. The van der Waals surface area contributed by atoms with E-state index < -0.39 is 49.5 Å². The van der Waals surface area contributed by atoms with Crippen molar-refractivity contribution < 1.29 is 39.8 Å². The Hall–Kier alpha value is -1.85. The van der Waals surface area contributed by atoms with Crippen LogP contribution in [0.15, 0.2) is 48.6 Å². The average Bonchev–Trinajstić information content (AvgIpc) is 3.29. The highest BCUT2D eigenvalue weighted by atomic mass is 16.7. The molecule has 1 fully saturated rings. The maximum atomic E-state index is 13.0. The molecule has 374 valence electrons. The van der Waals surface area contributed by atoms with Gasteiger partial charge in [0, 0.05) is 6.42 Å². The Morgan fingerprint density at radius 1 is 0.531 bits per heavy atom. The molecule has 1 saturated heterocycles. The second-order valence-electron chi connectivity index (χ2n) is 18.7. The van der Waals surface area contributed by atoms with E-state index in [1.165, 1.54) is 154 Å². The number of aliphatic hydroxyl groups is 5. The first-order valence-electron chi connectivity index (χ1n) is 26.9. The van der Waals surface area contributed by atoms with E-state index in [0.29, 0.717) is 6.42 Å². The van der Waals surface area contributed by atoms with E-state index in [9.17, 15) is 30.3 Å². The van der Waals surface area contributed by atoms with Gasteiger partial charge in [-0.2, -0.15) is 0 Å². The number of unbranched alkanes of at least 4 members (excludes halogenated alkanes) is 29. The zero-order chi connectivity index (χ0) is 46.6. The smallest absolute Gasteiger partial charge is 0.220 e. The van der Waals surface area contributed by atoms with Gasteiger partial charge in [0.05, 0.1) is 25.4 Å². The molecule has 0 aromatic rings. The van der Waals surface area contributed by atoms with Crippen LogP contribution in [0.1, 0.15) is 239 Å². The Labute approximate surface area is 393 Å². The summed E-state index contributed by atoms with van der Waals surface area (Å²) in [5.74, 6) is -0.189. The maximum Gasteiger partial charge on any atom is 0.220 e. The summed E-state index contributed by atoms with van der Waals surface area (Å²) in [6.45, 7) is 3.77. The van der Waals surface area contributed by atoms with Crippen molar-refractivity contribution in [3.05, 3.63) is 48.6 Å². The van der Waals surface area contributed by atoms with Crippen molar-refractivity contribution in [2.75, 3.05) is 13.2 Å². The lowest BCUT2D eigenvalue weighted by molar-refractivity contribution is -0.302. The van der Waals surface area contributed by atoms with Crippen LogP contribution in [0.5, 0.6) is 0 Å². The molecule has 1 rings (SSSR count). The molecule has 0 aromatic carbocycles. The molecule has 0 aliphatic carbocycles. The molecule has 1 aliphatic rings. The van der Waals surface area contributed by atoms with Gasteiger partial charge in [-0.15, -0.1) is 0 Å². The van der Waals surface area contributed by atoms with E-state index in [4.69, 9.17) is 9.47 Å². The fourth-order valence-corrected chi connectivity index (χ4v) is 8.34. The first-order valence-corrected chi connectivity index (χ1v) is 26.9. The molecule has 1 amide bonds. The second-order valence-corrected chi connectivity index (χ2v) is 18.7. The normalized spacial score (nSPS) is 20.4. The summed E-state index contributed by atoms with van der Waals surface area (Å²) >= 11 is 0. The number of aliphatic hydroxyl groups excluding tert-OH is 5. The van der Waals surface area contributed by atoms with Gasteiger partial charge in [-0.05, 0) is 57.8 Å². The van der Waals surface area contributed by atoms with E-state index in [-0.39, 0.29) is 12.5 Å². The number of hydrogen-bond acceptors (Lipinski definition) is 8. The standard InChI is InChI=1S/C55H101NO8/c1-3-5-7-9-11-13-15-17-19-21-23-25-27-29-31-33-35-37-39-41-43-45-51(59)56-48(47-63-55-54(62)53(61)52(60)50(46-57)64-55)49(58)44-42-40-38-36-34-32-30-28-26-24-22-20-18-16-14-12-10-8-6-4-2/h15,17,21,23,27,29,42,44,48-50,52-55,57-58,60-62H,3-14,16,18-20,22,24-26,28,30-41,43,45-47H2,1-2H3,(H,56,59)/b17-15-,23-21-,29-27-,44-42+. The van der Waals surface area contributed by atoms with Crippen LogP contribution < -0.4 is 5.32 Å². The third-order valence-corrected chi connectivity index (χ3v) is 12.6. The van der Waals surface area contributed by atoms with Crippen LogP contribution >= 0.6 is 0 Å². The van der Waals surface area contributed by atoms with Gasteiger partial charge in [0.2, 0.25) is 5.91 Å². The number of amides is 1. The fourth-order valence-electron chi connectivity index (χ4n) is 8.34. The molecule has 7 atom stereocenters. The van der Waals surface area contributed by atoms with E-state index in [1.54, 1.807) is 6.08 Å². The molecule has 64 heavy (non-hydrogen) atoms. The van der Waals surface area contributed by atoms with Gasteiger partial charge in [0.25, 0.3) is 0 Å². The number of carbonyl (C=O) groups is 1. The average molecular weight is 904 g/mol. The zero-order valence-electron chi connectivity index (χ0n) is 41.3. The monoisotopic (exact) mass is 904 g/mol. The van der Waals surface area contributed by atoms with E-state index in [0.717, 1.165) is 64.2 Å². The Morgan fingerprint density at radius 3 is 1.36 bits per heavy atom. The van der Waals surface area contributed by atoms with Crippen molar-refractivity contribution >= 4 is 5.91 Å². The van der Waals surface area contributed by atoms with Gasteiger partial charge in [-0.25, -0.2) is 0 Å².